The Bertz CT molecular complexity index is 751. The van der Waals surface area contributed by atoms with Gasteiger partial charge in [-0.3, -0.25) is 4.31 Å². The molecule has 106 valence electrons. The highest BCUT2D eigenvalue weighted by molar-refractivity contribution is 7.92. The Morgan fingerprint density at radius 3 is 2.85 bits per heavy atom. The fourth-order valence-electron chi connectivity index (χ4n) is 2.44. The first-order valence-electron chi connectivity index (χ1n) is 6.37. The number of nitrogen functional groups attached to an aromatic ring is 1. The molecule has 0 radical (unpaired) electrons. The number of rotatable bonds is 2. The van der Waals surface area contributed by atoms with Gasteiger partial charge in [0.05, 0.1) is 12.0 Å². The molecule has 2 heterocycles. The Balaban J connectivity index is 2.10. The lowest BCUT2D eigenvalue weighted by Gasteiger charge is -2.29. The first-order valence-corrected chi connectivity index (χ1v) is 7.81. The van der Waals surface area contributed by atoms with Crippen LogP contribution in [-0.2, 0) is 23.5 Å². The summed E-state index contributed by atoms with van der Waals surface area (Å²) in [4.78, 5) is 3.96. The minimum Gasteiger partial charge on any atom is -0.399 e. The fourth-order valence-corrected chi connectivity index (χ4v) is 3.95. The first-order chi connectivity index (χ1) is 9.48. The lowest BCUT2D eigenvalue weighted by molar-refractivity contribution is 0.583. The van der Waals surface area contributed by atoms with Gasteiger partial charge in [0.2, 0.25) is 0 Å². The number of nitrogens with zero attached hydrogens (tertiary/aromatic N) is 3. The largest absolute Gasteiger partial charge is 0.399 e. The van der Waals surface area contributed by atoms with Crippen molar-refractivity contribution in [2.75, 3.05) is 16.6 Å². The smallest absolute Gasteiger partial charge is 0.283 e. The zero-order chi connectivity index (χ0) is 14.3. The van der Waals surface area contributed by atoms with Crippen LogP contribution in [0.4, 0.5) is 11.4 Å². The summed E-state index contributed by atoms with van der Waals surface area (Å²) in [5.74, 6) is 0. The summed E-state index contributed by atoms with van der Waals surface area (Å²) in [6, 6.07) is 5.41. The molecule has 0 saturated heterocycles. The van der Waals surface area contributed by atoms with Gasteiger partial charge in [-0.1, -0.05) is 6.07 Å². The highest BCUT2D eigenvalue weighted by atomic mass is 32.2. The van der Waals surface area contributed by atoms with Crippen LogP contribution in [0.25, 0.3) is 0 Å². The average molecular weight is 292 g/mol. The molecule has 20 heavy (non-hydrogen) atoms. The second kappa shape index (κ2) is 4.52. The third-order valence-electron chi connectivity index (χ3n) is 3.42. The Hall–Kier alpha value is -2.02. The standard InChI is InChI=1S/C13H16N4O2S/c1-16-8-13(15-9-16)20(18,19)17-6-2-3-10-4-5-11(14)7-12(10)17/h4-5,7-9H,2-3,6,14H2,1H3. The molecule has 0 saturated carbocycles. The number of anilines is 2. The lowest BCUT2D eigenvalue weighted by atomic mass is 10.0. The van der Waals surface area contributed by atoms with Crippen LogP contribution in [0.1, 0.15) is 12.0 Å². The number of fused-ring (bicyclic) bond motifs is 1. The van der Waals surface area contributed by atoms with Crippen molar-refractivity contribution in [3.8, 4) is 0 Å². The van der Waals surface area contributed by atoms with E-state index in [2.05, 4.69) is 4.98 Å². The van der Waals surface area contributed by atoms with E-state index in [1.165, 1.54) is 16.8 Å². The molecule has 0 spiro atoms. The van der Waals surface area contributed by atoms with E-state index in [1.54, 1.807) is 23.7 Å². The Morgan fingerprint density at radius 1 is 1.35 bits per heavy atom. The van der Waals surface area contributed by atoms with Gasteiger partial charge in [-0.2, -0.15) is 8.42 Å². The highest BCUT2D eigenvalue weighted by Crippen LogP contribution is 2.32. The minimum atomic E-state index is -3.63. The number of aromatic nitrogens is 2. The van der Waals surface area contributed by atoms with Crippen LogP contribution in [0.2, 0.25) is 0 Å². The van der Waals surface area contributed by atoms with Gasteiger partial charge in [-0.15, -0.1) is 0 Å². The van der Waals surface area contributed by atoms with Gasteiger partial charge in [0.15, 0.2) is 5.03 Å². The van der Waals surface area contributed by atoms with Crippen LogP contribution in [0, 0.1) is 0 Å². The Labute approximate surface area is 117 Å². The quantitative estimate of drug-likeness (QED) is 0.842. The van der Waals surface area contributed by atoms with E-state index in [0.717, 1.165) is 18.4 Å². The van der Waals surface area contributed by atoms with Crippen molar-refractivity contribution in [1.82, 2.24) is 9.55 Å². The van der Waals surface area contributed by atoms with E-state index >= 15 is 0 Å². The highest BCUT2D eigenvalue weighted by Gasteiger charge is 2.30. The number of aryl methyl sites for hydroxylation is 2. The van der Waals surface area contributed by atoms with Crippen LogP contribution in [0.3, 0.4) is 0 Å². The number of imidazole rings is 1. The van der Waals surface area contributed by atoms with Crippen molar-refractivity contribution in [1.29, 1.82) is 0 Å². The zero-order valence-electron chi connectivity index (χ0n) is 11.2. The summed E-state index contributed by atoms with van der Waals surface area (Å²) in [5.41, 5.74) is 8.02. The van der Waals surface area contributed by atoms with Crippen molar-refractivity contribution in [2.45, 2.75) is 17.9 Å². The maximum Gasteiger partial charge on any atom is 0.283 e. The zero-order valence-corrected chi connectivity index (χ0v) is 12.0. The summed E-state index contributed by atoms with van der Waals surface area (Å²) in [7, 11) is -1.88. The van der Waals surface area contributed by atoms with Crippen molar-refractivity contribution in [3.05, 3.63) is 36.3 Å². The molecule has 0 unspecified atom stereocenters. The third-order valence-corrected chi connectivity index (χ3v) is 5.12. The third kappa shape index (κ3) is 2.03. The van der Waals surface area contributed by atoms with E-state index in [0.29, 0.717) is 17.9 Å². The van der Waals surface area contributed by atoms with E-state index in [9.17, 15) is 8.42 Å². The second-order valence-electron chi connectivity index (χ2n) is 4.95. The molecule has 1 aliphatic heterocycles. The molecule has 1 aliphatic rings. The Kier molecular flexibility index (Phi) is 2.93. The van der Waals surface area contributed by atoms with E-state index in [-0.39, 0.29) is 5.03 Å². The predicted octanol–water partition coefficient (Wildman–Crippen LogP) is 1.14. The summed E-state index contributed by atoms with van der Waals surface area (Å²) in [5, 5.41) is 0.0651. The average Bonchev–Trinajstić information content (AvgIpc) is 2.85. The van der Waals surface area contributed by atoms with Gasteiger partial charge in [-0.05, 0) is 30.5 Å². The summed E-state index contributed by atoms with van der Waals surface area (Å²) in [6.45, 7) is 0.454. The van der Waals surface area contributed by atoms with Crippen molar-refractivity contribution >= 4 is 21.4 Å². The molecular formula is C13H16N4O2S. The van der Waals surface area contributed by atoms with Crippen LogP contribution in [0.5, 0.6) is 0 Å². The summed E-state index contributed by atoms with van der Waals surface area (Å²) < 4.78 is 28.4. The number of nitrogens with two attached hydrogens (primary N) is 1. The van der Waals surface area contributed by atoms with Crippen LogP contribution in [-0.4, -0.2) is 24.5 Å². The van der Waals surface area contributed by atoms with Gasteiger partial charge in [-0.25, -0.2) is 4.98 Å². The van der Waals surface area contributed by atoms with Crippen LogP contribution >= 0.6 is 0 Å². The maximum absolute atomic E-state index is 12.7. The molecule has 0 amide bonds. The molecule has 3 rings (SSSR count). The molecular weight excluding hydrogens is 276 g/mol. The molecule has 6 nitrogen and oxygen atoms in total. The van der Waals surface area contributed by atoms with E-state index in [1.807, 2.05) is 6.07 Å². The summed E-state index contributed by atoms with van der Waals surface area (Å²) >= 11 is 0. The van der Waals surface area contributed by atoms with Crippen LogP contribution in [0.15, 0.2) is 35.7 Å². The van der Waals surface area contributed by atoms with Gasteiger partial charge in [0, 0.05) is 25.5 Å². The normalized spacial score (nSPS) is 15.2. The molecule has 0 bridgehead atoms. The number of hydrogen-bond acceptors (Lipinski definition) is 4. The summed E-state index contributed by atoms with van der Waals surface area (Å²) in [6.07, 6.45) is 4.65. The first kappa shape index (κ1) is 13.0. The van der Waals surface area contributed by atoms with Gasteiger partial charge >= 0.3 is 0 Å². The molecule has 1 aromatic heterocycles. The predicted molar refractivity (Wildman–Crippen MR) is 76.9 cm³/mol. The van der Waals surface area contributed by atoms with Gasteiger partial charge < -0.3 is 10.3 Å². The number of sulfonamides is 1. The van der Waals surface area contributed by atoms with Crippen molar-refractivity contribution < 1.29 is 8.42 Å². The lowest BCUT2D eigenvalue weighted by Crippen LogP contribution is -2.35. The second-order valence-corrected chi connectivity index (χ2v) is 6.76. The fraction of sp³-hybridized carbons (Fsp3) is 0.308. The monoisotopic (exact) mass is 292 g/mol. The topological polar surface area (TPSA) is 81.2 Å². The molecule has 2 N–H and O–H groups in total. The van der Waals surface area contributed by atoms with E-state index < -0.39 is 10.0 Å². The molecule has 1 aromatic carbocycles. The number of benzene rings is 1. The van der Waals surface area contributed by atoms with Crippen molar-refractivity contribution in [3.63, 3.8) is 0 Å². The number of hydrogen-bond donors (Lipinski definition) is 1. The van der Waals surface area contributed by atoms with Gasteiger partial charge in [0.1, 0.15) is 0 Å². The SMILES string of the molecule is Cn1cnc(S(=O)(=O)N2CCCc3ccc(N)cc32)c1. The molecule has 0 atom stereocenters. The molecule has 0 aliphatic carbocycles. The molecule has 7 heteroatoms. The van der Waals surface area contributed by atoms with Crippen molar-refractivity contribution in [2.24, 2.45) is 7.05 Å². The van der Waals surface area contributed by atoms with Gasteiger partial charge in [0.25, 0.3) is 10.0 Å². The van der Waals surface area contributed by atoms with Crippen LogP contribution < -0.4 is 10.0 Å². The minimum absolute atomic E-state index is 0.0651. The molecule has 0 fully saturated rings. The maximum atomic E-state index is 12.7. The molecule has 2 aromatic rings. The van der Waals surface area contributed by atoms with E-state index in [4.69, 9.17) is 5.73 Å². The Morgan fingerprint density at radius 2 is 2.15 bits per heavy atom.